The molecule has 0 fully saturated rings. The van der Waals surface area contributed by atoms with Gasteiger partial charge in [-0.05, 0) is 31.2 Å². The van der Waals surface area contributed by atoms with Crippen molar-refractivity contribution in [2.75, 3.05) is 10.6 Å². The van der Waals surface area contributed by atoms with Crippen molar-refractivity contribution in [3.8, 4) is 0 Å². The van der Waals surface area contributed by atoms with E-state index in [2.05, 4.69) is 20.8 Å². The molecule has 140 valence electrons. The fourth-order valence-electron chi connectivity index (χ4n) is 2.01. The summed E-state index contributed by atoms with van der Waals surface area (Å²) in [5, 5.41) is 13.2. The van der Waals surface area contributed by atoms with Crippen molar-refractivity contribution in [2.24, 2.45) is 0 Å². The number of aromatic nitrogens is 2. The molecule has 2 N–H and O–H groups in total. The monoisotopic (exact) mass is 410 g/mol. The zero-order valence-electron chi connectivity index (χ0n) is 13.9. The van der Waals surface area contributed by atoms with Crippen LogP contribution in [0.25, 0.3) is 0 Å². The highest BCUT2D eigenvalue weighted by Crippen LogP contribution is 2.31. The highest BCUT2D eigenvalue weighted by Gasteiger charge is 2.20. The summed E-state index contributed by atoms with van der Waals surface area (Å²) < 4.78 is 40.4. The first-order chi connectivity index (χ1) is 12.9. The zero-order chi connectivity index (χ0) is 19.4. The number of hydrogen-bond acceptors (Lipinski definition) is 6. The number of carbonyl (C=O) groups excluding carboxylic acids is 1. The lowest BCUT2D eigenvalue weighted by Crippen LogP contribution is -2.23. The van der Waals surface area contributed by atoms with Crippen molar-refractivity contribution in [3.05, 3.63) is 59.9 Å². The molecule has 1 heterocycles. The SMILES string of the molecule is CC(Sc1nnc(Nc2ccccc2)s1)C(=O)Nc1ccc(F)c(F)c1F. The predicted octanol–water partition coefficient (Wildman–Crippen LogP) is 4.82. The average molecular weight is 410 g/mol. The smallest absolute Gasteiger partial charge is 0.237 e. The first-order valence-corrected chi connectivity index (χ1v) is 9.40. The van der Waals surface area contributed by atoms with Crippen LogP contribution in [-0.4, -0.2) is 21.4 Å². The molecule has 3 rings (SSSR count). The largest absolute Gasteiger partial charge is 0.330 e. The van der Waals surface area contributed by atoms with Gasteiger partial charge in [-0.3, -0.25) is 4.79 Å². The van der Waals surface area contributed by atoms with Crippen molar-refractivity contribution in [1.82, 2.24) is 10.2 Å². The average Bonchev–Trinajstić information content (AvgIpc) is 3.09. The minimum atomic E-state index is -1.63. The summed E-state index contributed by atoms with van der Waals surface area (Å²) in [6.45, 7) is 1.59. The Hall–Kier alpha value is -2.59. The van der Waals surface area contributed by atoms with E-state index in [1.807, 2.05) is 30.3 Å². The van der Waals surface area contributed by atoms with Crippen LogP contribution in [0, 0.1) is 17.5 Å². The third-order valence-electron chi connectivity index (χ3n) is 3.37. The number of hydrogen-bond donors (Lipinski definition) is 2. The minimum Gasteiger partial charge on any atom is -0.330 e. The van der Waals surface area contributed by atoms with Gasteiger partial charge in [0.1, 0.15) is 0 Å². The Morgan fingerprint density at radius 3 is 2.56 bits per heavy atom. The molecule has 1 unspecified atom stereocenters. The summed E-state index contributed by atoms with van der Waals surface area (Å²) in [5.74, 6) is -4.96. The second kappa shape index (κ2) is 8.40. The van der Waals surface area contributed by atoms with Gasteiger partial charge in [-0.25, -0.2) is 13.2 Å². The van der Waals surface area contributed by atoms with Crippen molar-refractivity contribution in [2.45, 2.75) is 16.5 Å². The maximum atomic E-state index is 13.7. The molecule has 0 bridgehead atoms. The topological polar surface area (TPSA) is 66.9 Å². The van der Waals surface area contributed by atoms with Crippen LogP contribution < -0.4 is 10.6 Å². The van der Waals surface area contributed by atoms with Gasteiger partial charge < -0.3 is 10.6 Å². The molecular formula is C17H13F3N4OS2. The number of nitrogens with zero attached hydrogens (tertiary/aromatic N) is 2. The highest BCUT2D eigenvalue weighted by atomic mass is 32.2. The predicted molar refractivity (Wildman–Crippen MR) is 99.9 cm³/mol. The van der Waals surface area contributed by atoms with E-state index in [9.17, 15) is 18.0 Å². The van der Waals surface area contributed by atoms with Crippen LogP contribution >= 0.6 is 23.1 Å². The number of para-hydroxylation sites is 1. The molecule has 27 heavy (non-hydrogen) atoms. The van der Waals surface area contributed by atoms with Gasteiger partial charge in [0.2, 0.25) is 11.0 Å². The number of benzene rings is 2. The Morgan fingerprint density at radius 2 is 1.81 bits per heavy atom. The van der Waals surface area contributed by atoms with Crippen LogP contribution in [0.4, 0.5) is 29.7 Å². The second-order valence-corrected chi connectivity index (χ2v) is 7.90. The lowest BCUT2D eigenvalue weighted by Gasteiger charge is -2.11. The second-order valence-electron chi connectivity index (χ2n) is 5.34. The van der Waals surface area contributed by atoms with Gasteiger partial charge in [0, 0.05) is 5.69 Å². The number of carbonyl (C=O) groups is 1. The Morgan fingerprint density at radius 1 is 1.07 bits per heavy atom. The molecule has 0 aliphatic rings. The molecule has 0 saturated carbocycles. The molecule has 0 aliphatic heterocycles. The molecule has 5 nitrogen and oxygen atoms in total. The molecular weight excluding hydrogens is 397 g/mol. The standard InChI is InChI=1S/C17H13F3N4OS2/c1-9(15(25)22-12-8-7-11(18)13(19)14(12)20)26-17-24-23-16(27-17)21-10-5-3-2-4-6-10/h2-9H,1H3,(H,21,23)(H,22,25). The first-order valence-electron chi connectivity index (χ1n) is 7.70. The quantitative estimate of drug-likeness (QED) is 0.451. The van der Waals surface area contributed by atoms with Gasteiger partial charge in [0.25, 0.3) is 0 Å². The third kappa shape index (κ3) is 4.77. The number of amides is 1. The highest BCUT2D eigenvalue weighted by molar-refractivity contribution is 8.02. The molecule has 0 aliphatic carbocycles. The summed E-state index contributed by atoms with van der Waals surface area (Å²) in [5.41, 5.74) is 0.430. The van der Waals surface area contributed by atoms with Crippen molar-refractivity contribution >= 4 is 45.5 Å². The van der Waals surface area contributed by atoms with Crippen LogP contribution in [0.1, 0.15) is 6.92 Å². The molecule has 0 saturated heterocycles. The zero-order valence-corrected chi connectivity index (χ0v) is 15.5. The fourth-order valence-corrected chi connectivity index (χ4v) is 3.93. The van der Waals surface area contributed by atoms with E-state index in [0.29, 0.717) is 9.47 Å². The van der Waals surface area contributed by atoms with Gasteiger partial charge in [-0.1, -0.05) is 41.3 Å². The molecule has 1 atom stereocenters. The molecule has 10 heteroatoms. The van der Waals surface area contributed by atoms with Crippen molar-refractivity contribution in [3.63, 3.8) is 0 Å². The molecule has 2 aromatic carbocycles. The molecule has 3 aromatic rings. The van der Waals surface area contributed by atoms with E-state index in [0.717, 1.165) is 29.6 Å². The summed E-state index contributed by atoms with van der Waals surface area (Å²) in [6, 6.07) is 11.1. The van der Waals surface area contributed by atoms with Crippen molar-refractivity contribution < 1.29 is 18.0 Å². The number of halogens is 3. The number of anilines is 3. The number of nitrogens with one attached hydrogen (secondary N) is 2. The van der Waals surface area contributed by atoms with Crippen LogP contribution in [0.5, 0.6) is 0 Å². The van der Waals surface area contributed by atoms with Gasteiger partial charge in [-0.15, -0.1) is 10.2 Å². The van der Waals surface area contributed by atoms with Gasteiger partial charge in [0.15, 0.2) is 21.8 Å². The third-order valence-corrected chi connectivity index (χ3v) is 5.39. The van der Waals surface area contributed by atoms with E-state index in [4.69, 9.17) is 0 Å². The Labute approximate surface area is 161 Å². The summed E-state index contributed by atoms with van der Waals surface area (Å²) in [6.07, 6.45) is 0. The Bertz CT molecular complexity index is 953. The Kier molecular flexibility index (Phi) is 5.97. The van der Waals surface area contributed by atoms with E-state index in [1.54, 1.807) is 6.92 Å². The van der Waals surface area contributed by atoms with E-state index < -0.39 is 34.3 Å². The molecule has 1 aromatic heterocycles. The van der Waals surface area contributed by atoms with Crippen molar-refractivity contribution in [1.29, 1.82) is 0 Å². The Balaban J connectivity index is 1.61. The van der Waals surface area contributed by atoms with Crippen LogP contribution in [-0.2, 0) is 4.79 Å². The van der Waals surface area contributed by atoms with E-state index in [-0.39, 0.29) is 0 Å². The van der Waals surface area contributed by atoms with Gasteiger partial charge in [0.05, 0.1) is 10.9 Å². The normalized spacial score (nSPS) is 11.9. The number of thioether (sulfide) groups is 1. The summed E-state index contributed by atoms with van der Waals surface area (Å²) >= 11 is 2.37. The molecule has 0 radical (unpaired) electrons. The molecule has 1 amide bonds. The van der Waals surface area contributed by atoms with E-state index in [1.165, 1.54) is 11.3 Å². The minimum absolute atomic E-state index is 0.421. The van der Waals surface area contributed by atoms with Crippen LogP contribution in [0.3, 0.4) is 0 Å². The fraction of sp³-hybridized carbons (Fsp3) is 0.118. The van der Waals surface area contributed by atoms with E-state index >= 15 is 0 Å². The lowest BCUT2D eigenvalue weighted by molar-refractivity contribution is -0.115. The first kappa shape index (κ1) is 19.2. The number of rotatable bonds is 6. The summed E-state index contributed by atoms with van der Waals surface area (Å²) in [7, 11) is 0. The van der Waals surface area contributed by atoms with Crippen LogP contribution in [0.2, 0.25) is 0 Å². The maximum absolute atomic E-state index is 13.7. The summed E-state index contributed by atoms with van der Waals surface area (Å²) in [4.78, 5) is 12.2. The lowest BCUT2D eigenvalue weighted by atomic mass is 10.2. The van der Waals surface area contributed by atoms with Gasteiger partial charge in [-0.2, -0.15) is 0 Å². The molecule has 0 spiro atoms. The van der Waals surface area contributed by atoms with Crippen LogP contribution in [0.15, 0.2) is 46.8 Å². The maximum Gasteiger partial charge on any atom is 0.237 e. The van der Waals surface area contributed by atoms with Gasteiger partial charge >= 0.3 is 0 Å².